The van der Waals surface area contributed by atoms with Crippen molar-refractivity contribution in [3.8, 4) is 11.1 Å². The van der Waals surface area contributed by atoms with Gasteiger partial charge in [0, 0.05) is 48.0 Å². The van der Waals surface area contributed by atoms with Crippen molar-refractivity contribution in [1.29, 1.82) is 0 Å². The van der Waals surface area contributed by atoms with Gasteiger partial charge >= 0.3 is 0 Å². The second-order valence-electron chi connectivity index (χ2n) is 7.01. The quantitative estimate of drug-likeness (QED) is 0.537. The van der Waals surface area contributed by atoms with E-state index >= 15 is 0 Å². The van der Waals surface area contributed by atoms with E-state index in [1.807, 2.05) is 51.3 Å². The van der Waals surface area contributed by atoms with Gasteiger partial charge in [0.15, 0.2) is 11.5 Å². The van der Waals surface area contributed by atoms with Crippen LogP contribution < -0.4 is 0 Å². The molecule has 4 aromatic rings. The number of amides is 1. The third-order valence-electron chi connectivity index (χ3n) is 5.17. The minimum Gasteiger partial charge on any atom is -0.342 e. The van der Waals surface area contributed by atoms with Crippen LogP contribution in [0.3, 0.4) is 0 Å². The molecular formula is C21H19N5OS. The number of hydrogen-bond donors (Lipinski definition) is 0. The summed E-state index contributed by atoms with van der Waals surface area (Å²) in [6.45, 7) is 1.46. The lowest BCUT2D eigenvalue weighted by Crippen LogP contribution is -2.29. The van der Waals surface area contributed by atoms with E-state index in [-0.39, 0.29) is 11.8 Å². The summed E-state index contributed by atoms with van der Waals surface area (Å²) in [6.07, 6.45) is 6.96. The van der Waals surface area contributed by atoms with Crippen LogP contribution in [0.2, 0.25) is 0 Å². The summed E-state index contributed by atoms with van der Waals surface area (Å²) in [4.78, 5) is 24.4. The molecule has 5 rings (SSSR count). The van der Waals surface area contributed by atoms with E-state index in [0.29, 0.717) is 13.0 Å². The molecule has 1 fully saturated rings. The lowest BCUT2D eigenvalue weighted by molar-refractivity contribution is -0.129. The molecule has 0 N–H and O–H groups in total. The van der Waals surface area contributed by atoms with Crippen molar-refractivity contribution in [2.45, 2.75) is 18.8 Å². The zero-order valence-corrected chi connectivity index (χ0v) is 16.0. The van der Waals surface area contributed by atoms with Crippen LogP contribution >= 0.6 is 11.3 Å². The fourth-order valence-electron chi connectivity index (χ4n) is 3.66. The first-order valence-corrected chi connectivity index (χ1v) is 10.2. The molecular weight excluding hydrogens is 370 g/mol. The summed E-state index contributed by atoms with van der Waals surface area (Å²) < 4.78 is 1.83. The lowest BCUT2D eigenvalue weighted by atomic mass is 10.1. The van der Waals surface area contributed by atoms with E-state index in [1.54, 1.807) is 23.7 Å². The van der Waals surface area contributed by atoms with E-state index in [1.165, 1.54) is 0 Å². The van der Waals surface area contributed by atoms with E-state index < -0.39 is 0 Å². The van der Waals surface area contributed by atoms with Crippen molar-refractivity contribution in [2.24, 2.45) is 0 Å². The Bertz CT molecular complexity index is 1110. The van der Waals surface area contributed by atoms with Crippen LogP contribution in [0.4, 0.5) is 0 Å². The van der Waals surface area contributed by atoms with Crippen LogP contribution in [0.25, 0.3) is 16.8 Å². The summed E-state index contributed by atoms with van der Waals surface area (Å²) in [5.74, 6) is 1.20. The fourth-order valence-corrected chi connectivity index (χ4v) is 4.36. The van der Waals surface area contributed by atoms with Gasteiger partial charge in [0.25, 0.3) is 0 Å². The molecule has 1 atom stereocenters. The van der Waals surface area contributed by atoms with Gasteiger partial charge in [-0.05, 0) is 47.7 Å². The first-order valence-electron chi connectivity index (χ1n) is 9.33. The minimum atomic E-state index is 0.189. The summed E-state index contributed by atoms with van der Waals surface area (Å²) in [5, 5.41) is 6.71. The van der Waals surface area contributed by atoms with Gasteiger partial charge in [0.2, 0.25) is 5.91 Å². The Morgan fingerprint density at radius 2 is 2.04 bits per heavy atom. The zero-order valence-electron chi connectivity index (χ0n) is 15.2. The standard InChI is InChI=1S/C21H19N5OS/c27-20(12-18-2-1-11-28-18)25-10-7-17(13-25)21-23-19-4-3-16(14-26(19)24-21)15-5-8-22-9-6-15/h1-6,8-9,11,14,17H,7,10,12-13H2/t17-/m0/s1. The van der Waals surface area contributed by atoms with Crippen molar-refractivity contribution in [2.75, 3.05) is 13.1 Å². The Morgan fingerprint density at radius 1 is 1.14 bits per heavy atom. The van der Waals surface area contributed by atoms with Gasteiger partial charge in [-0.3, -0.25) is 9.78 Å². The highest BCUT2D eigenvalue weighted by molar-refractivity contribution is 7.10. The maximum Gasteiger partial charge on any atom is 0.227 e. The zero-order chi connectivity index (χ0) is 18.9. The number of aromatic nitrogens is 4. The number of nitrogens with zero attached hydrogens (tertiary/aromatic N) is 5. The Balaban J connectivity index is 1.33. The van der Waals surface area contributed by atoms with Crippen molar-refractivity contribution in [1.82, 2.24) is 24.5 Å². The van der Waals surface area contributed by atoms with Crippen LogP contribution in [0.1, 0.15) is 23.0 Å². The Labute approximate surface area is 166 Å². The molecule has 1 amide bonds. The molecule has 0 aliphatic carbocycles. The summed E-state index contributed by atoms with van der Waals surface area (Å²) in [5.41, 5.74) is 3.00. The smallest absolute Gasteiger partial charge is 0.227 e. The molecule has 1 aliphatic rings. The summed E-state index contributed by atoms with van der Waals surface area (Å²) in [7, 11) is 0. The Morgan fingerprint density at radius 3 is 2.86 bits per heavy atom. The number of carbonyl (C=O) groups excluding carboxylic acids is 1. The molecule has 1 aliphatic heterocycles. The van der Waals surface area contributed by atoms with Gasteiger partial charge in [-0.2, -0.15) is 5.10 Å². The predicted octanol–water partition coefficient (Wildman–Crippen LogP) is 3.41. The lowest BCUT2D eigenvalue weighted by Gasteiger charge is -2.15. The SMILES string of the molecule is O=C(Cc1cccs1)N1CC[C@H](c2nc3ccc(-c4ccncc4)cn3n2)C1. The van der Waals surface area contributed by atoms with E-state index in [9.17, 15) is 4.79 Å². The Kier molecular flexibility index (Phi) is 4.37. The number of rotatable bonds is 4. The fraction of sp³-hybridized carbons (Fsp3) is 0.238. The highest BCUT2D eigenvalue weighted by Gasteiger charge is 2.30. The van der Waals surface area contributed by atoms with Crippen LogP contribution in [0.5, 0.6) is 0 Å². The van der Waals surface area contributed by atoms with E-state index in [4.69, 9.17) is 10.1 Å². The van der Waals surface area contributed by atoms with Gasteiger partial charge in [-0.15, -0.1) is 11.3 Å². The minimum absolute atomic E-state index is 0.189. The highest BCUT2D eigenvalue weighted by Crippen LogP contribution is 2.27. The largest absolute Gasteiger partial charge is 0.342 e. The second kappa shape index (κ2) is 7.16. The van der Waals surface area contributed by atoms with E-state index in [2.05, 4.69) is 11.1 Å². The van der Waals surface area contributed by atoms with Crippen molar-refractivity contribution in [3.63, 3.8) is 0 Å². The monoisotopic (exact) mass is 389 g/mol. The second-order valence-corrected chi connectivity index (χ2v) is 8.04. The number of likely N-dealkylation sites (tertiary alicyclic amines) is 1. The van der Waals surface area contributed by atoms with Crippen LogP contribution in [0.15, 0.2) is 60.4 Å². The maximum absolute atomic E-state index is 12.5. The molecule has 7 heteroatoms. The van der Waals surface area contributed by atoms with Crippen molar-refractivity contribution < 1.29 is 4.79 Å². The van der Waals surface area contributed by atoms with Crippen molar-refractivity contribution in [3.05, 3.63) is 71.1 Å². The molecule has 0 saturated carbocycles. The molecule has 0 radical (unpaired) electrons. The predicted molar refractivity (Wildman–Crippen MR) is 108 cm³/mol. The topological polar surface area (TPSA) is 63.4 Å². The summed E-state index contributed by atoms with van der Waals surface area (Å²) in [6, 6.07) is 12.0. The number of thiophene rings is 1. The van der Waals surface area contributed by atoms with Gasteiger partial charge < -0.3 is 4.90 Å². The summed E-state index contributed by atoms with van der Waals surface area (Å²) >= 11 is 1.63. The van der Waals surface area contributed by atoms with Crippen LogP contribution in [-0.2, 0) is 11.2 Å². The first kappa shape index (κ1) is 17.1. The van der Waals surface area contributed by atoms with E-state index in [0.717, 1.165) is 40.4 Å². The molecule has 4 aromatic heterocycles. The molecule has 28 heavy (non-hydrogen) atoms. The molecule has 0 spiro atoms. The average molecular weight is 389 g/mol. The molecule has 6 nitrogen and oxygen atoms in total. The van der Waals surface area contributed by atoms with Crippen LogP contribution in [-0.4, -0.2) is 43.5 Å². The number of pyridine rings is 2. The molecule has 0 unspecified atom stereocenters. The highest BCUT2D eigenvalue weighted by atomic mass is 32.1. The number of hydrogen-bond acceptors (Lipinski definition) is 5. The van der Waals surface area contributed by atoms with Crippen LogP contribution in [0, 0.1) is 0 Å². The first-order chi connectivity index (χ1) is 13.8. The third kappa shape index (κ3) is 3.29. The molecule has 0 bridgehead atoms. The number of carbonyl (C=O) groups is 1. The maximum atomic E-state index is 12.5. The van der Waals surface area contributed by atoms with Gasteiger partial charge in [-0.25, -0.2) is 9.50 Å². The van der Waals surface area contributed by atoms with Gasteiger partial charge in [0.1, 0.15) is 0 Å². The molecule has 1 saturated heterocycles. The molecule has 5 heterocycles. The normalized spacial score (nSPS) is 16.7. The molecule has 140 valence electrons. The molecule has 0 aromatic carbocycles. The third-order valence-corrected chi connectivity index (χ3v) is 6.05. The number of fused-ring (bicyclic) bond motifs is 1. The Hall–Kier alpha value is -3.06. The average Bonchev–Trinajstić information content (AvgIpc) is 3.47. The van der Waals surface area contributed by atoms with Crippen molar-refractivity contribution >= 4 is 22.9 Å². The van der Waals surface area contributed by atoms with Gasteiger partial charge in [0.05, 0.1) is 6.42 Å². The van der Waals surface area contributed by atoms with Gasteiger partial charge in [-0.1, -0.05) is 6.07 Å².